The number of carbonyl (C=O) groups is 3. The quantitative estimate of drug-likeness (QED) is 0.173. The van der Waals surface area contributed by atoms with Gasteiger partial charge in [0, 0.05) is 44.9 Å². The first-order chi connectivity index (χ1) is 17.9. The van der Waals surface area contributed by atoms with Crippen LogP contribution in [0.3, 0.4) is 0 Å². The van der Waals surface area contributed by atoms with Crippen LogP contribution in [0.4, 0.5) is 10.5 Å². The molecule has 8 heteroatoms. The van der Waals surface area contributed by atoms with Crippen LogP contribution in [0.1, 0.15) is 18.1 Å². The zero-order valence-corrected chi connectivity index (χ0v) is 21.7. The zero-order valence-electron chi connectivity index (χ0n) is 20.1. The molecular formula is C29H24ClN3O3S. The lowest BCUT2D eigenvalue weighted by atomic mass is 10.1. The molecule has 37 heavy (non-hydrogen) atoms. The number of anilines is 1. The van der Waals surface area contributed by atoms with Gasteiger partial charge in [-0.3, -0.25) is 14.9 Å². The summed E-state index contributed by atoms with van der Waals surface area (Å²) >= 11 is 7.70. The smallest absolute Gasteiger partial charge is 0.335 e. The molecule has 0 unspecified atom stereocenters. The lowest BCUT2D eigenvalue weighted by Crippen LogP contribution is -2.54. The summed E-state index contributed by atoms with van der Waals surface area (Å²) in [5, 5.41) is 3.93. The largest absolute Gasteiger partial charge is 0.346 e. The van der Waals surface area contributed by atoms with E-state index in [1.807, 2.05) is 73.8 Å². The molecule has 4 amide bonds. The number of amides is 4. The Balaban J connectivity index is 1.43. The van der Waals surface area contributed by atoms with Gasteiger partial charge in [0.15, 0.2) is 0 Å². The summed E-state index contributed by atoms with van der Waals surface area (Å²) in [4.78, 5) is 40.8. The van der Waals surface area contributed by atoms with Crippen molar-refractivity contribution in [3.63, 3.8) is 0 Å². The highest BCUT2D eigenvalue weighted by atomic mass is 35.5. The fourth-order valence-electron chi connectivity index (χ4n) is 4.30. The Hall–Kier alpha value is -3.81. The Bertz CT molecular complexity index is 1520. The first-order valence-electron chi connectivity index (χ1n) is 11.9. The molecule has 0 aliphatic carbocycles. The summed E-state index contributed by atoms with van der Waals surface area (Å²) in [5.41, 5.74) is 3.15. The average Bonchev–Trinajstić information content (AvgIpc) is 3.25. The van der Waals surface area contributed by atoms with E-state index in [2.05, 4.69) is 9.88 Å². The number of carbonyl (C=O) groups excluding carboxylic acids is 3. The Labute approximate surface area is 223 Å². The predicted octanol–water partition coefficient (Wildman–Crippen LogP) is 6.32. The molecule has 0 saturated carbocycles. The second kappa shape index (κ2) is 10.7. The van der Waals surface area contributed by atoms with Crippen LogP contribution in [0.25, 0.3) is 17.0 Å². The van der Waals surface area contributed by atoms with E-state index in [4.69, 9.17) is 11.6 Å². The maximum absolute atomic E-state index is 13.4. The number of hydrogen-bond acceptors (Lipinski definition) is 4. The van der Waals surface area contributed by atoms with Gasteiger partial charge in [-0.25, -0.2) is 9.69 Å². The van der Waals surface area contributed by atoms with Crippen LogP contribution in [0.5, 0.6) is 0 Å². The summed E-state index contributed by atoms with van der Waals surface area (Å²) in [6, 6.07) is 22.0. The average molecular weight is 530 g/mol. The number of para-hydroxylation sites is 1. The van der Waals surface area contributed by atoms with Gasteiger partial charge in [0.25, 0.3) is 11.8 Å². The number of barbiturate groups is 1. The van der Waals surface area contributed by atoms with E-state index in [0.29, 0.717) is 10.7 Å². The highest BCUT2D eigenvalue weighted by Gasteiger charge is 2.37. The SMILES string of the molecule is CCc1ccc(N2C(=O)NC(=O)/C(=C\c3cn(CCSc4ccc(Cl)cc4)c4ccccc34)C2=O)cc1. The minimum absolute atomic E-state index is 0.0855. The molecule has 0 radical (unpaired) electrons. The molecule has 4 aromatic rings. The maximum Gasteiger partial charge on any atom is 0.335 e. The van der Waals surface area contributed by atoms with Crippen molar-refractivity contribution < 1.29 is 14.4 Å². The highest BCUT2D eigenvalue weighted by Crippen LogP contribution is 2.28. The molecule has 1 aliphatic heterocycles. The summed E-state index contributed by atoms with van der Waals surface area (Å²) < 4.78 is 2.11. The Morgan fingerprint density at radius 1 is 0.946 bits per heavy atom. The lowest BCUT2D eigenvalue weighted by Gasteiger charge is -2.26. The number of rotatable bonds is 7. The van der Waals surface area contributed by atoms with Crippen molar-refractivity contribution in [2.24, 2.45) is 0 Å². The molecule has 2 heterocycles. The monoisotopic (exact) mass is 529 g/mol. The fraction of sp³-hybridized carbons (Fsp3) is 0.138. The number of hydrogen-bond donors (Lipinski definition) is 1. The van der Waals surface area contributed by atoms with E-state index in [-0.39, 0.29) is 5.57 Å². The van der Waals surface area contributed by atoms with Gasteiger partial charge in [-0.2, -0.15) is 0 Å². The van der Waals surface area contributed by atoms with Crippen molar-refractivity contribution in [3.05, 3.63) is 101 Å². The van der Waals surface area contributed by atoms with Crippen molar-refractivity contribution in [1.82, 2.24) is 9.88 Å². The summed E-state index contributed by atoms with van der Waals surface area (Å²) in [5.74, 6) is -0.522. The topological polar surface area (TPSA) is 71.4 Å². The second-order valence-corrected chi connectivity index (χ2v) is 10.2. The summed E-state index contributed by atoms with van der Waals surface area (Å²) in [6.07, 6.45) is 4.35. The van der Waals surface area contributed by atoms with E-state index < -0.39 is 17.8 Å². The van der Waals surface area contributed by atoms with Crippen LogP contribution in [0.15, 0.2) is 89.5 Å². The number of thioether (sulfide) groups is 1. The number of nitrogens with one attached hydrogen (secondary N) is 1. The number of benzene rings is 3. The summed E-state index contributed by atoms with van der Waals surface area (Å²) in [7, 11) is 0. The Kier molecular flexibility index (Phi) is 7.17. The molecule has 186 valence electrons. The molecule has 0 atom stereocenters. The number of aryl methyl sites for hydroxylation is 2. The van der Waals surface area contributed by atoms with Gasteiger partial charge in [-0.1, -0.05) is 48.9 Å². The molecule has 0 spiro atoms. The second-order valence-electron chi connectivity index (χ2n) is 8.58. The van der Waals surface area contributed by atoms with E-state index in [1.54, 1.807) is 30.0 Å². The number of imide groups is 2. The standard InChI is InChI=1S/C29H24ClN3O3S/c1-2-19-7-11-22(12-8-19)33-28(35)25(27(34)31-29(33)36)17-20-18-32(26-6-4-3-5-24(20)26)15-16-37-23-13-9-21(30)10-14-23/h3-14,17-18H,2,15-16H2,1H3,(H,31,34,36)/b25-17+. The van der Waals surface area contributed by atoms with Crippen molar-refractivity contribution in [2.45, 2.75) is 24.8 Å². The first kappa shape index (κ1) is 24.9. The van der Waals surface area contributed by atoms with Gasteiger partial charge >= 0.3 is 6.03 Å². The van der Waals surface area contributed by atoms with E-state index in [9.17, 15) is 14.4 Å². The van der Waals surface area contributed by atoms with Gasteiger partial charge in [0.1, 0.15) is 5.57 Å². The van der Waals surface area contributed by atoms with Crippen LogP contribution in [-0.4, -0.2) is 28.2 Å². The minimum Gasteiger partial charge on any atom is -0.346 e. The molecular weight excluding hydrogens is 506 g/mol. The third kappa shape index (κ3) is 5.19. The van der Waals surface area contributed by atoms with E-state index in [0.717, 1.165) is 50.5 Å². The molecule has 1 aliphatic rings. The number of halogens is 1. The molecule has 3 aromatic carbocycles. The van der Waals surface area contributed by atoms with Gasteiger partial charge in [-0.05, 0) is 60.5 Å². The normalized spacial score (nSPS) is 15.0. The summed E-state index contributed by atoms with van der Waals surface area (Å²) in [6.45, 7) is 2.76. The molecule has 6 nitrogen and oxygen atoms in total. The maximum atomic E-state index is 13.4. The van der Waals surface area contributed by atoms with E-state index in [1.165, 1.54) is 0 Å². The Morgan fingerprint density at radius 3 is 2.41 bits per heavy atom. The van der Waals surface area contributed by atoms with Crippen molar-refractivity contribution in [3.8, 4) is 0 Å². The number of nitrogens with zero attached hydrogens (tertiary/aromatic N) is 2. The molecule has 1 N–H and O–H groups in total. The molecule has 1 aromatic heterocycles. The van der Waals surface area contributed by atoms with Crippen LogP contribution in [-0.2, 0) is 22.6 Å². The zero-order chi connectivity index (χ0) is 25.9. The van der Waals surface area contributed by atoms with Crippen molar-refractivity contribution in [1.29, 1.82) is 0 Å². The van der Waals surface area contributed by atoms with Crippen LogP contribution in [0.2, 0.25) is 5.02 Å². The van der Waals surface area contributed by atoms with Crippen molar-refractivity contribution in [2.75, 3.05) is 10.7 Å². The highest BCUT2D eigenvalue weighted by molar-refractivity contribution is 7.99. The third-order valence-electron chi connectivity index (χ3n) is 6.24. The number of aromatic nitrogens is 1. The molecule has 1 fully saturated rings. The van der Waals surface area contributed by atoms with Gasteiger partial charge in [0.05, 0.1) is 5.69 Å². The minimum atomic E-state index is -0.752. The predicted molar refractivity (Wildman–Crippen MR) is 149 cm³/mol. The third-order valence-corrected chi connectivity index (χ3v) is 7.48. The number of fused-ring (bicyclic) bond motifs is 1. The van der Waals surface area contributed by atoms with E-state index >= 15 is 0 Å². The fourth-order valence-corrected chi connectivity index (χ4v) is 5.27. The number of urea groups is 1. The van der Waals surface area contributed by atoms with Crippen LogP contribution in [0, 0.1) is 0 Å². The van der Waals surface area contributed by atoms with Gasteiger partial charge in [0.2, 0.25) is 0 Å². The van der Waals surface area contributed by atoms with Crippen LogP contribution >= 0.6 is 23.4 Å². The van der Waals surface area contributed by atoms with Crippen molar-refractivity contribution >= 4 is 63.9 Å². The lowest BCUT2D eigenvalue weighted by molar-refractivity contribution is -0.122. The first-order valence-corrected chi connectivity index (χ1v) is 13.3. The van der Waals surface area contributed by atoms with Crippen LogP contribution < -0.4 is 10.2 Å². The molecule has 1 saturated heterocycles. The Morgan fingerprint density at radius 2 is 1.68 bits per heavy atom. The van der Waals surface area contributed by atoms with Gasteiger partial charge < -0.3 is 4.57 Å². The molecule has 5 rings (SSSR count). The molecule has 0 bridgehead atoms. The van der Waals surface area contributed by atoms with Gasteiger partial charge in [-0.15, -0.1) is 11.8 Å².